The lowest BCUT2D eigenvalue weighted by Crippen LogP contribution is -2.32. The van der Waals surface area contributed by atoms with Crippen LogP contribution in [0, 0.1) is 5.82 Å². The van der Waals surface area contributed by atoms with Gasteiger partial charge in [-0.05, 0) is 55.1 Å². The van der Waals surface area contributed by atoms with E-state index in [0.717, 1.165) is 12.8 Å². The number of aliphatic hydroxyl groups excluding tert-OH is 1. The Hall–Kier alpha value is -3.49. The maximum absolute atomic E-state index is 13.1. The number of benzene rings is 2. The van der Waals surface area contributed by atoms with Crippen molar-refractivity contribution in [2.24, 2.45) is 11.5 Å². The van der Waals surface area contributed by atoms with Gasteiger partial charge in [-0.2, -0.15) is 0 Å². The van der Waals surface area contributed by atoms with Gasteiger partial charge in [-0.15, -0.1) is 0 Å². The number of aromatic nitrogens is 1. The summed E-state index contributed by atoms with van der Waals surface area (Å²) in [6.07, 6.45) is 3.84. The normalized spacial score (nSPS) is 11.2. The predicted molar refractivity (Wildman–Crippen MR) is 124 cm³/mol. The highest BCUT2D eigenvalue weighted by molar-refractivity contribution is 5.98. The first-order valence-corrected chi connectivity index (χ1v) is 10.3. The van der Waals surface area contributed by atoms with Gasteiger partial charge in [0.2, 0.25) is 5.91 Å². The molecule has 7 nitrogen and oxygen atoms in total. The molecule has 6 N–H and O–H groups in total. The number of carbonyl (C=O) groups is 1. The Morgan fingerprint density at radius 1 is 1.28 bits per heavy atom. The molecule has 170 valence electrons. The van der Waals surface area contributed by atoms with E-state index < -0.39 is 5.91 Å². The smallest absolute Gasteiger partial charge is 0.248 e. The zero-order valence-electron chi connectivity index (χ0n) is 18.1. The van der Waals surface area contributed by atoms with E-state index in [1.165, 1.54) is 12.1 Å². The number of primary amides is 1. The third-order valence-electron chi connectivity index (χ3n) is 4.48. The maximum Gasteiger partial charge on any atom is 0.248 e. The van der Waals surface area contributed by atoms with Crippen LogP contribution in [-0.2, 0) is 0 Å². The molecule has 2 aromatic carbocycles. The highest BCUT2D eigenvalue weighted by Gasteiger charge is 2.11. The van der Waals surface area contributed by atoms with Crippen molar-refractivity contribution in [1.29, 1.82) is 0 Å². The van der Waals surface area contributed by atoms with Gasteiger partial charge in [-0.3, -0.25) is 4.79 Å². The van der Waals surface area contributed by atoms with Crippen LogP contribution < -0.4 is 21.5 Å². The minimum atomic E-state index is -0.552. The molecule has 3 aromatic rings. The standard InChI is InChI=1S/C18H15FN2O3.C6H14N2/c19-13-4-1-11(2-5-13)15-10-17(24-8-7-22)14-6-3-12(18(20)23)9-16(14)21-15;1-3-5-6(7)8-4-2/h1-6,9-10,22H,7-8H2,(H2,20,23);4,6,8H,2-3,5,7H2,1H3. The van der Waals surface area contributed by atoms with Crippen LogP contribution in [0.3, 0.4) is 0 Å². The highest BCUT2D eigenvalue weighted by atomic mass is 19.1. The van der Waals surface area contributed by atoms with Crippen LogP contribution >= 0.6 is 0 Å². The Bertz CT molecular complexity index is 1040. The summed E-state index contributed by atoms with van der Waals surface area (Å²) in [5.74, 6) is -0.375. The molecule has 1 atom stereocenters. The zero-order valence-corrected chi connectivity index (χ0v) is 18.1. The zero-order chi connectivity index (χ0) is 23.5. The van der Waals surface area contributed by atoms with Crippen molar-refractivity contribution in [1.82, 2.24) is 10.3 Å². The summed E-state index contributed by atoms with van der Waals surface area (Å²) < 4.78 is 18.7. The van der Waals surface area contributed by atoms with Crippen molar-refractivity contribution in [2.75, 3.05) is 13.2 Å². The molecular formula is C24H29FN4O3. The number of hydrogen-bond donors (Lipinski definition) is 4. The number of nitrogens with two attached hydrogens (primary N) is 2. The van der Waals surface area contributed by atoms with Gasteiger partial charge in [0.1, 0.15) is 18.2 Å². The molecule has 0 aliphatic heterocycles. The molecule has 0 saturated carbocycles. The van der Waals surface area contributed by atoms with E-state index in [4.69, 9.17) is 21.3 Å². The van der Waals surface area contributed by atoms with Gasteiger partial charge >= 0.3 is 0 Å². The molecule has 1 heterocycles. The first-order valence-electron chi connectivity index (χ1n) is 10.3. The number of nitrogens with zero attached hydrogens (tertiary/aromatic N) is 1. The molecule has 0 fully saturated rings. The fraction of sp³-hybridized carbons (Fsp3) is 0.250. The first-order chi connectivity index (χ1) is 15.4. The number of nitrogens with one attached hydrogen (secondary N) is 1. The predicted octanol–water partition coefficient (Wildman–Crippen LogP) is 3.32. The van der Waals surface area contributed by atoms with Gasteiger partial charge in [0, 0.05) is 22.6 Å². The molecule has 0 aliphatic rings. The van der Waals surface area contributed by atoms with E-state index in [0.29, 0.717) is 33.5 Å². The minimum Gasteiger partial charge on any atom is -0.490 e. The fourth-order valence-corrected chi connectivity index (χ4v) is 2.94. The lowest BCUT2D eigenvalue weighted by Gasteiger charge is -2.11. The molecule has 32 heavy (non-hydrogen) atoms. The summed E-state index contributed by atoms with van der Waals surface area (Å²) in [6, 6.07) is 12.5. The summed E-state index contributed by atoms with van der Waals surface area (Å²) in [4.78, 5) is 15.9. The minimum absolute atomic E-state index is 0.0949. The van der Waals surface area contributed by atoms with Crippen LogP contribution in [0.2, 0.25) is 0 Å². The van der Waals surface area contributed by atoms with Crippen LogP contribution in [0.4, 0.5) is 4.39 Å². The molecular weight excluding hydrogens is 411 g/mol. The van der Waals surface area contributed by atoms with Crippen molar-refractivity contribution >= 4 is 16.8 Å². The number of amides is 1. The van der Waals surface area contributed by atoms with Crippen LogP contribution in [0.5, 0.6) is 5.75 Å². The fourth-order valence-electron chi connectivity index (χ4n) is 2.94. The average Bonchev–Trinajstić information content (AvgIpc) is 2.78. The van der Waals surface area contributed by atoms with Crippen molar-refractivity contribution in [3.8, 4) is 17.0 Å². The van der Waals surface area contributed by atoms with Crippen LogP contribution in [0.1, 0.15) is 30.1 Å². The number of hydrogen-bond acceptors (Lipinski definition) is 6. The SMILES string of the molecule is C=CNC(N)CCC.NC(=O)c1ccc2c(OCCO)cc(-c3ccc(F)cc3)nc2c1. The Labute approximate surface area is 186 Å². The maximum atomic E-state index is 13.1. The molecule has 0 aliphatic carbocycles. The van der Waals surface area contributed by atoms with Crippen molar-refractivity contribution < 1.29 is 19.0 Å². The van der Waals surface area contributed by atoms with E-state index in [9.17, 15) is 9.18 Å². The Morgan fingerprint density at radius 2 is 2.00 bits per heavy atom. The molecule has 1 aromatic heterocycles. The molecule has 3 rings (SSSR count). The molecule has 0 radical (unpaired) electrons. The monoisotopic (exact) mass is 440 g/mol. The Balaban J connectivity index is 0.000000390. The number of rotatable bonds is 9. The highest BCUT2D eigenvalue weighted by Crippen LogP contribution is 2.30. The van der Waals surface area contributed by atoms with Gasteiger partial charge in [0.25, 0.3) is 0 Å². The molecule has 0 spiro atoms. The molecule has 1 unspecified atom stereocenters. The van der Waals surface area contributed by atoms with E-state index in [1.807, 2.05) is 0 Å². The summed E-state index contributed by atoms with van der Waals surface area (Å²) in [5.41, 5.74) is 13.0. The lowest BCUT2D eigenvalue weighted by atomic mass is 10.1. The van der Waals surface area contributed by atoms with E-state index in [-0.39, 0.29) is 25.2 Å². The summed E-state index contributed by atoms with van der Waals surface area (Å²) in [5, 5.41) is 12.6. The number of ether oxygens (including phenoxy) is 1. The second-order valence-electron chi connectivity index (χ2n) is 6.95. The van der Waals surface area contributed by atoms with Gasteiger partial charge in [0.05, 0.1) is 24.0 Å². The van der Waals surface area contributed by atoms with Crippen molar-refractivity contribution in [3.05, 3.63) is 72.7 Å². The lowest BCUT2D eigenvalue weighted by molar-refractivity contribution is 0.100. The molecule has 8 heteroatoms. The van der Waals surface area contributed by atoms with E-state index in [1.54, 1.807) is 42.6 Å². The largest absolute Gasteiger partial charge is 0.490 e. The topological polar surface area (TPSA) is 123 Å². The molecule has 1 amide bonds. The Morgan fingerprint density at radius 3 is 2.59 bits per heavy atom. The first kappa shape index (κ1) is 24.8. The van der Waals surface area contributed by atoms with E-state index in [2.05, 4.69) is 23.8 Å². The number of fused-ring (bicyclic) bond motifs is 1. The van der Waals surface area contributed by atoms with Gasteiger partial charge < -0.3 is 26.6 Å². The quantitative estimate of drug-likeness (QED) is 0.379. The van der Waals surface area contributed by atoms with Gasteiger partial charge in [-0.25, -0.2) is 9.37 Å². The number of carbonyl (C=O) groups excluding carboxylic acids is 1. The summed E-state index contributed by atoms with van der Waals surface area (Å²) in [7, 11) is 0. The van der Waals surface area contributed by atoms with Crippen LogP contribution in [0.25, 0.3) is 22.2 Å². The van der Waals surface area contributed by atoms with Gasteiger partial charge in [0.15, 0.2) is 0 Å². The summed E-state index contributed by atoms with van der Waals surface area (Å²) in [6.45, 7) is 5.59. The molecule has 0 bridgehead atoms. The third kappa shape index (κ3) is 7.04. The number of pyridine rings is 1. The second-order valence-corrected chi connectivity index (χ2v) is 6.95. The van der Waals surface area contributed by atoms with Crippen LogP contribution in [-0.4, -0.2) is 35.4 Å². The van der Waals surface area contributed by atoms with Crippen molar-refractivity contribution in [2.45, 2.75) is 25.9 Å². The summed E-state index contributed by atoms with van der Waals surface area (Å²) >= 11 is 0. The number of aliphatic hydroxyl groups is 1. The second kappa shape index (κ2) is 12.4. The molecule has 0 saturated heterocycles. The van der Waals surface area contributed by atoms with Crippen molar-refractivity contribution in [3.63, 3.8) is 0 Å². The van der Waals surface area contributed by atoms with Gasteiger partial charge in [-0.1, -0.05) is 19.9 Å². The van der Waals surface area contributed by atoms with Crippen LogP contribution in [0.15, 0.2) is 61.3 Å². The van der Waals surface area contributed by atoms with E-state index >= 15 is 0 Å². The third-order valence-corrected chi connectivity index (χ3v) is 4.48. The average molecular weight is 441 g/mol. The Kier molecular flexibility index (Phi) is 9.59. The number of halogens is 1.